The molecule has 0 amide bonds. The molecular weight excluding hydrogens is 277 g/mol. The van der Waals surface area contributed by atoms with E-state index in [4.69, 9.17) is 11.6 Å². The van der Waals surface area contributed by atoms with Crippen LogP contribution in [0.15, 0.2) is 53.4 Å². The van der Waals surface area contributed by atoms with E-state index in [1.807, 2.05) is 0 Å². The molecule has 0 spiro atoms. The average molecular weight is 286 g/mol. The number of hydrogen-bond acceptors (Lipinski definition) is 2. The second kappa shape index (κ2) is 4.96. The maximum Gasteiger partial charge on any atom is 0.262 e. The highest BCUT2D eigenvalue weighted by Gasteiger charge is 2.15. The summed E-state index contributed by atoms with van der Waals surface area (Å²) in [5, 5.41) is 0.275. The molecule has 0 atom stereocenters. The molecule has 6 heteroatoms. The number of anilines is 1. The molecule has 0 radical (unpaired) electrons. The zero-order valence-corrected chi connectivity index (χ0v) is 10.7. The van der Waals surface area contributed by atoms with Crippen molar-refractivity contribution in [3.05, 3.63) is 59.4 Å². The molecule has 0 aliphatic rings. The molecule has 2 aromatic carbocycles. The van der Waals surface area contributed by atoms with Crippen LogP contribution in [0.5, 0.6) is 0 Å². The van der Waals surface area contributed by atoms with E-state index in [2.05, 4.69) is 4.72 Å². The highest BCUT2D eigenvalue weighted by Crippen LogP contribution is 2.24. The lowest BCUT2D eigenvalue weighted by molar-refractivity contribution is 0.595. The van der Waals surface area contributed by atoms with Crippen LogP contribution < -0.4 is 4.72 Å². The fourth-order valence-corrected chi connectivity index (χ4v) is 2.73. The van der Waals surface area contributed by atoms with E-state index in [-0.39, 0.29) is 15.6 Å². The summed E-state index contributed by atoms with van der Waals surface area (Å²) in [6.07, 6.45) is 0. The summed E-state index contributed by atoms with van der Waals surface area (Å²) in [6.45, 7) is 0. The third kappa shape index (κ3) is 2.80. The molecule has 94 valence electrons. The van der Waals surface area contributed by atoms with E-state index in [1.165, 1.54) is 24.3 Å². The van der Waals surface area contributed by atoms with Gasteiger partial charge in [0.1, 0.15) is 5.82 Å². The van der Waals surface area contributed by atoms with E-state index in [1.54, 1.807) is 18.2 Å². The second-order valence-corrected chi connectivity index (χ2v) is 5.63. The summed E-state index contributed by atoms with van der Waals surface area (Å²) in [5.41, 5.74) is 0.253. The van der Waals surface area contributed by atoms with Crippen LogP contribution in [0.2, 0.25) is 5.02 Å². The first-order valence-corrected chi connectivity index (χ1v) is 6.88. The largest absolute Gasteiger partial charge is 0.278 e. The van der Waals surface area contributed by atoms with Crippen molar-refractivity contribution < 1.29 is 12.8 Å². The zero-order chi connectivity index (χ0) is 13.2. The van der Waals surface area contributed by atoms with Crippen molar-refractivity contribution in [3.63, 3.8) is 0 Å². The molecule has 0 saturated heterocycles. The summed E-state index contributed by atoms with van der Waals surface area (Å²) in [6, 6.07) is 11.2. The fraction of sp³-hybridized carbons (Fsp3) is 0. The first kappa shape index (κ1) is 12.9. The van der Waals surface area contributed by atoms with Crippen molar-refractivity contribution in [2.45, 2.75) is 4.90 Å². The first-order valence-electron chi connectivity index (χ1n) is 5.02. The van der Waals surface area contributed by atoms with Crippen LogP contribution in [-0.4, -0.2) is 8.42 Å². The van der Waals surface area contributed by atoms with Crippen LogP contribution in [0.4, 0.5) is 10.1 Å². The monoisotopic (exact) mass is 285 g/mol. The van der Waals surface area contributed by atoms with Gasteiger partial charge in [-0.25, -0.2) is 12.8 Å². The number of halogens is 2. The van der Waals surface area contributed by atoms with Gasteiger partial charge in [-0.15, -0.1) is 0 Å². The lowest BCUT2D eigenvalue weighted by Crippen LogP contribution is -2.13. The lowest BCUT2D eigenvalue weighted by atomic mass is 10.3. The van der Waals surface area contributed by atoms with Crippen LogP contribution in [0, 0.1) is 5.82 Å². The zero-order valence-electron chi connectivity index (χ0n) is 9.10. The predicted molar refractivity (Wildman–Crippen MR) is 68.7 cm³/mol. The van der Waals surface area contributed by atoms with Crippen molar-refractivity contribution in [2.75, 3.05) is 4.72 Å². The molecule has 0 saturated carbocycles. The Morgan fingerprint density at radius 3 is 2.44 bits per heavy atom. The predicted octanol–water partition coefficient (Wildman–Crippen LogP) is 3.28. The molecule has 3 nitrogen and oxygen atoms in total. The Labute approximate surface area is 109 Å². The van der Waals surface area contributed by atoms with Crippen molar-refractivity contribution in [1.82, 2.24) is 0 Å². The van der Waals surface area contributed by atoms with Crippen molar-refractivity contribution >= 4 is 27.3 Å². The topological polar surface area (TPSA) is 46.2 Å². The van der Waals surface area contributed by atoms with Gasteiger partial charge in [0.05, 0.1) is 15.6 Å². The van der Waals surface area contributed by atoms with Crippen LogP contribution in [0.3, 0.4) is 0 Å². The van der Waals surface area contributed by atoms with E-state index < -0.39 is 15.8 Å². The number of para-hydroxylation sites is 1. The maximum atomic E-state index is 13.0. The summed E-state index contributed by atoms with van der Waals surface area (Å²) in [7, 11) is -3.83. The molecule has 0 unspecified atom stereocenters. The smallest absolute Gasteiger partial charge is 0.262 e. The standard InChI is InChI=1S/C12H9ClFNO2S/c13-11-6-1-2-7-12(11)15-18(16,17)10-5-3-4-9(14)8-10/h1-8,15H. The molecule has 18 heavy (non-hydrogen) atoms. The SMILES string of the molecule is O=S(=O)(Nc1ccccc1Cl)c1cccc(F)c1. The second-order valence-electron chi connectivity index (χ2n) is 3.54. The van der Waals surface area contributed by atoms with Gasteiger partial charge < -0.3 is 0 Å². The van der Waals surface area contributed by atoms with Gasteiger partial charge >= 0.3 is 0 Å². The highest BCUT2D eigenvalue weighted by molar-refractivity contribution is 7.92. The Morgan fingerprint density at radius 1 is 1.06 bits per heavy atom. The number of benzene rings is 2. The summed E-state index contributed by atoms with van der Waals surface area (Å²) in [5.74, 6) is -0.614. The third-order valence-electron chi connectivity index (χ3n) is 2.22. The van der Waals surface area contributed by atoms with Gasteiger partial charge in [0.15, 0.2) is 0 Å². The van der Waals surface area contributed by atoms with Crippen molar-refractivity contribution in [2.24, 2.45) is 0 Å². The van der Waals surface area contributed by atoms with E-state index in [0.717, 1.165) is 6.07 Å². The van der Waals surface area contributed by atoms with Gasteiger partial charge in [-0.1, -0.05) is 29.8 Å². The highest BCUT2D eigenvalue weighted by atomic mass is 35.5. The Hall–Kier alpha value is -1.59. The lowest BCUT2D eigenvalue weighted by Gasteiger charge is -2.09. The minimum Gasteiger partial charge on any atom is -0.278 e. The molecule has 1 N–H and O–H groups in total. The van der Waals surface area contributed by atoms with Gasteiger partial charge in [0.25, 0.3) is 10.0 Å². The minimum absolute atomic E-state index is 0.151. The Kier molecular flexibility index (Phi) is 3.54. The summed E-state index contributed by atoms with van der Waals surface area (Å²) >= 11 is 5.85. The van der Waals surface area contributed by atoms with E-state index in [9.17, 15) is 12.8 Å². The molecule has 0 bridgehead atoms. The van der Waals surface area contributed by atoms with Crippen LogP contribution in [0.25, 0.3) is 0 Å². The molecule has 0 fully saturated rings. The van der Waals surface area contributed by atoms with Crippen molar-refractivity contribution in [1.29, 1.82) is 0 Å². The number of hydrogen-bond donors (Lipinski definition) is 1. The van der Waals surface area contributed by atoms with Gasteiger partial charge in [-0.2, -0.15) is 0 Å². The molecule has 2 rings (SSSR count). The van der Waals surface area contributed by atoms with Gasteiger partial charge in [0, 0.05) is 0 Å². The first-order chi connectivity index (χ1) is 8.49. The van der Waals surface area contributed by atoms with Gasteiger partial charge in [-0.3, -0.25) is 4.72 Å². The van der Waals surface area contributed by atoms with Gasteiger partial charge in [-0.05, 0) is 30.3 Å². The number of rotatable bonds is 3. The maximum absolute atomic E-state index is 13.0. The molecule has 2 aromatic rings. The molecular formula is C12H9ClFNO2S. The fourth-order valence-electron chi connectivity index (χ4n) is 1.38. The normalized spacial score (nSPS) is 11.2. The Bertz CT molecular complexity index is 673. The van der Waals surface area contributed by atoms with E-state index >= 15 is 0 Å². The van der Waals surface area contributed by atoms with Gasteiger partial charge in [0.2, 0.25) is 0 Å². The molecule has 0 aromatic heterocycles. The van der Waals surface area contributed by atoms with Crippen LogP contribution in [0.1, 0.15) is 0 Å². The van der Waals surface area contributed by atoms with Crippen LogP contribution >= 0.6 is 11.6 Å². The van der Waals surface area contributed by atoms with Crippen molar-refractivity contribution in [3.8, 4) is 0 Å². The summed E-state index contributed by atoms with van der Waals surface area (Å²) < 4.78 is 39.2. The van der Waals surface area contributed by atoms with E-state index in [0.29, 0.717) is 0 Å². The Morgan fingerprint density at radius 2 is 1.78 bits per heavy atom. The number of nitrogens with one attached hydrogen (secondary N) is 1. The average Bonchev–Trinajstić information content (AvgIpc) is 2.32. The molecule has 0 aliphatic carbocycles. The van der Waals surface area contributed by atoms with Crippen LogP contribution in [-0.2, 0) is 10.0 Å². The number of sulfonamides is 1. The molecule has 0 aliphatic heterocycles. The Balaban J connectivity index is 2.37. The third-order valence-corrected chi connectivity index (χ3v) is 3.92. The minimum atomic E-state index is -3.83. The molecule has 0 heterocycles. The summed E-state index contributed by atoms with van der Waals surface area (Å²) in [4.78, 5) is -0.151. The quantitative estimate of drug-likeness (QED) is 0.941.